The average Bonchev–Trinajstić information content (AvgIpc) is 2.63. The number of benzene rings is 2. The Labute approximate surface area is 142 Å². The van der Waals surface area contributed by atoms with E-state index in [0.29, 0.717) is 6.54 Å². The predicted octanol–water partition coefficient (Wildman–Crippen LogP) is 3.46. The van der Waals surface area contributed by atoms with Gasteiger partial charge in [0.05, 0.1) is 0 Å². The minimum absolute atomic E-state index is 0.0219. The Morgan fingerprint density at radius 3 is 2.25 bits per heavy atom. The van der Waals surface area contributed by atoms with E-state index in [9.17, 15) is 4.79 Å². The summed E-state index contributed by atoms with van der Waals surface area (Å²) in [4.78, 5) is 11.8. The van der Waals surface area contributed by atoms with Gasteiger partial charge < -0.3 is 9.88 Å². The van der Waals surface area contributed by atoms with E-state index in [4.69, 9.17) is 0 Å². The largest absolute Gasteiger partial charge is 0.319 e. The number of nitrogens with zero attached hydrogens (tertiary/aromatic N) is 1. The maximum atomic E-state index is 11.8. The molecular formula is C21H22N2O. The van der Waals surface area contributed by atoms with Crippen LogP contribution in [0.3, 0.4) is 0 Å². The van der Waals surface area contributed by atoms with Gasteiger partial charge in [0.2, 0.25) is 0 Å². The van der Waals surface area contributed by atoms with Crippen LogP contribution in [0.15, 0.2) is 83.8 Å². The molecule has 3 heteroatoms. The fraction of sp³-hybridized carbons (Fsp3) is 0.190. The van der Waals surface area contributed by atoms with E-state index in [-0.39, 0.29) is 11.6 Å². The lowest BCUT2D eigenvalue weighted by molar-refractivity contribution is 0.529. The van der Waals surface area contributed by atoms with Crippen LogP contribution in [0.1, 0.15) is 22.7 Å². The van der Waals surface area contributed by atoms with Gasteiger partial charge in [-0.2, -0.15) is 0 Å². The van der Waals surface area contributed by atoms with Gasteiger partial charge in [-0.15, -0.1) is 0 Å². The molecule has 0 aliphatic rings. The first-order valence-corrected chi connectivity index (χ1v) is 8.20. The molecule has 24 heavy (non-hydrogen) atoms. The van der Waals surface area contributed by atoms with Crippen LogP contribution >= 0.6 is 0 Å². The van der Waals surface area contributed by atoms with E-state index in [1.807, 2.05) is 24.4 Å². The van der Waals surface area contributed by atoms with Crippen LogP contribution in [0.25, 0.3) is 0 Å². The van der Waals surface area contributed by atoms with Crippen molar-refractivity contribution in [2.24, 2.45) is 7.05 Å². The van der Waals surface area contributed by atoms with Gasteiger partial charge in [0.1, 0.15) is 0 Å². The molecule has 1 aromatic heterocycles. The number of hydrogen-bond acceptors (Lipinski definition) is 2. The molecule has 0 bridgehead atoms. The van der Waals surface area contributed by atoms with Crippen molar-refractivity contribution in [2.75, 3.05) is 0 Å². The van der Waals surface area contributed by atoms with Crippen LogP contribution in [0.5, 0.6) is 0 Å². The molecule has 3 nitrogen and oxygen atoms in total. The minimum atomic E-state index is 0.0219. The third-order valence-electron chi connectivity index (χ3n) is 4.21. The Bertz CT molecular complexity index is 825. The average molecular weight is 318 g/mol. The van der Waals surface area contributed by atoms with E-state index in [2.05, 4.69) is 53.8 Å². The highest BCUT2D eigenvalue weighted by molar-refractivity contribution is 5.24. The van der Waals surface area contributed by atoms with Gasteiger partial charge >= 0.3 is 0 Å². The maximum Gasteiger partial charge on any atom is 0.250 e. The molecule has 0 radical (unpaired) electrons. The molecule has 0 fully saturated rings. The standard InChI is InChI=1S/C21H22N2O/c1-23-13-12-18(15-21(23)24)16-22-20(19-10-6-3-7-11-19)14-17-8-4-2-5-9-17/h2-13,15,20,22H,14,16H2,1H3. The van der Waals surface area contributed by atoms with Crippen molar-refractivity contribution < 1.29 is 0 Å². The maximum absolute atomic E-state index is 11.8. The van der Waals surface area contributed by atoms with Gasteiger partial charge in [-0.25, -0.2) is 0 Å². The summed E-state index contributed by atoms with van der Waals surface area (Å²) >= 11 is 0. The van der Waals surface area contributed by atoms with Crippen LogP contribution in [0, 0.1) is 0 Å². The normalized spacial score (nSPS) is 12.0. The summed E-state index contributed by atoms with van der Waals surface area (Å²) < 4.78 is 1.59. The zero-order valence-electron chi connectivity index (χ0n) is 13.9. The van der Waals surface area contributed by atoms with Gasteiger partial charge in [-0.1, -0.05) is 60.7 Å². The molecule has 0 saturated heterocycles. The molecule has 3 aromatic rings. The SMILES string of the molecule is Cn1ccc(CNC(Cc2ccccc2)c2ccccc2)cc1=O. The lowest BCUT2D eigenvalue weighted by Crippen LogP contribution is -2.24. The van der Waals surface area contributed by atoms with Crippen LogP contribution in [0.2, 0.25) is 0 Å². The second kappa shape index (κ2) is 7.75. The summed E-state index contributed by atoms with van der Waals surface area (Å²) in [5.41, 5.74) is 3.58. The summed E-state index contributed by atoms with van der Waals surface area (Å²) in [6.07, 6.45) is 2.73. The lowest BCUT2D eigenvalue weighted by Gasteiger charge is -2.20. The first-order valence-electron chi connectivity index (χ1n) is 8.20. The van der Waals surface area contributed by atoms with E-state index in [0.717, 1.165) is 12.0 Å². The highest BCUT2D eigenvalue weighted by Crippen LogP contribution is 2.19. The van der Waals surface area contributed by atoms with Crippen molar-refractivity contribution >= 4 is 0 Å². The molecule has 0 aliphatic carbocycles. The summed E-state index contributed by atoms with van der Waals surface area (Å²) in [6, 6.07) is 24.8. The summed E-state index contributed by atoms with van der Waals surface area (Å²) in [5, 5.41) is 3.60. The molecule has 0 saturated carbocycles. The number of pyridine rings is 1. The highest BCUT2D eigenvalue weighted by Gasteiger charge is 2.11. The van der Waals surface area contributed by atoms with Crippen molar-refractivity contribution in [3.05, 3.63) is 106 Å². The summed E-state index contributed by atoms with van der Waals surface area (Å²) in [7, 11) is 1.77. The Balaban J connectivity index is 1.77. The number of rotatable bonds is 6. The first kappa shape index (κ1) is 16.2. The quantitative estimate of drug-likeness (QED) is 0.755. The lowest BCUT2D eigenvalue weighted by atomic mass is 9.98. The fourth-order valence-electron chi connectivity index (χ4n) is 2.78. The van der Waals surface area contributed by atoms with Gasteiger partial charge in [-0.3, -0.25) is 4.79 Å². The molecule has 122 valence electrons. The Morgan fingerprint density at radius 2 is 1.58 bits per heavy atom. The second-order valence-corrected chi connectivity index (χ2v) is 6.02. The fourth-order valence-corrected chi connectivity index (χ4v) is 2.78. The van der Waals surface area contributed by atoms with Gasteiger partial charge in [0.15, 0.2) is 0 Å². The Hall–Kier alpha value is -2.65. The molecule has 1 N–H and O–H groups in total. The molecular weight excluding hydrogens is 296 g/mol. The number of aromatic nitrogens is 1. The van der Waals surface area contributed by atoms with Gasteiger partial charge in [0.25, 0.3) is 5.56 Å². The molecule has 2 aromatic carbocycles. The van der Waals surface area contributed by atoms with Crippen molar-refractivity contribution in [2.45, 2.75) is 19.0 Å². The number of aryl methyl sites for hydroxylation is 1. The molecule has 0 spiro atoms. The van der Waals surface area contributed by atoms with E-state index in [1.165, 1.54) is 11.1 Å². The molecule has 0 amide bonds. The Kier molecular flexibility index (Phi) is 5.24. The smallest absolute Gasteiger partial charge is 0.250 e. The van der Waals surface area contributed by atoms with E-state index >= 15 is 0 Å². The second-order valence-electron chi connectivity index (χ2n) is 6.02. The monoisotopic (exact) mass is 318 g/mol. The molecule has 0 aliphatic heterocycles. The zero-order chi connectivity index (χ0) is 16.8. The van der Waals surface area contributed by atoms with Crippen LogP contribution in [0.4, 0.5) is 0 Å². The van der Waals surface area contributed by atoms with Crippen LogP contribution in [-0.4, -0.2) is 4.57 Å². The Morgan fingerprint density at radius 1 is 0.917 bits per heavy atom. The van der Waals surface area contributed by atoms with Crippen molar-refractivity contribution in [1.29, 1.82) is 0 Å². The summed E-state index contributed by atoms with van der Waals surface area (Å²) in [6.45, 7) is 0.669. The van der Waals surface area contributed by atoms with Crippen molar-refractivity contribution in [1.82, 2.24) is 9.88 Å². The number of hydrogen-bond donors (Lipinski definition) is 1. The highest BCUT2D eigenvalue weighted by atomic mass is 16.1. The van der Waals surface area contributed by atoms with Crippen molar-refractivity contribution in [3.8, 4) is 0 Å². The first-order chi connectivity index (χ1) is 11.7. The minimum Gasteiger partial charge on any atom is -0.319 e. The van der Waals surface area contributed by atoms with Crippen LogP contribution < -0.4 is 10.9 Å². The third kappa shape index (κ3) is 4.21. The third-order valence-corrected chi connectivity index (χ3v) is 4.21. The van der Waals surface area contributed by atoms with Gasteiger partial charge in [-0.05, 0) is 29.2 Å². The number of nitrogens with one attached hydrogen (secondary N) is 1. The zero-order valence-corrected chi connectivity index (χ0v) is 13.9. The molecule has 1 heterocycles. The van der Waals surface area contributed by atoms with Gasteiger partial charge in [0, 0.05) is 31.9 Å². The summed E-state index contributed by atoms with van der Waals surface area (Å²) in [5.74, 6) is 0. The predicted molar refractivity (Wildman–Crippen MR) is 97.9 cm³/mol. The topological polar surface area (TPSA) is 34.0 Å². The molecule has 1 unspecified atom stereocenters. The van der Waals surface area contributed by atoms with E-state index in [1.54, 1.807) is 17.7 Å². The van der Waals surface area contributed by atoms with Crippen molar-refractivity contribution in [3.63, 3.8) is 0 Å². The van der Waals surface area contributed by atoms with Crippen LogP contribution in [-0.2, 0) is 20.0 Å². The molecule has 3 rings (SSSR count). The molecule has 1 atom stereocenters. The van der Waals surface area contributed by atoms with E-state index < -0.39 is 0 Å².